The van der Waals surface area contributed by atoms with Crippen molar-refractivity contribution in [2.75, 3.05) is 12.0 Å². The highest BCUT2D eigenvalue weighted by atomic mass is 127. The fourth-order valence-corrected chi connectivity index (χ4v) is 12.8. The zero-order chi connectivity index (χ0) is 34.3. The lowest BCUT2D eigenvalue weighted by atomic mass is 9.82. The summed E-state index contributed by atoms with van der Waals surface area (Å²) < 4.78 is 15.7. The molecule has 4 aromatic carbocycles. The number of hydrogen-bond donors (Lipinski definition) is 1. The number of anilines is 1. The molecule has 3 heterocycles. The minimum absolute atomic E-state index is 0.00103. The number of halogens is 1. The van der Waals surface area contributed by atoms with Crippen LogP contribution >= 0.6 is 22.6 Å². The van der Waals surface area contributed by atoms with Crippen LogP contribution in [0.2, 0.25) is 18.6 Å². The molecule has 1 fully saturated rings. The molecule has 2 aliphatic heterocycles. The van der Waals surface area contributed by atoms with Crippen LogP contribution in [0.25, 0.3) is 0 Å². The molecular formula is C39H41IN4O4Si. The van der Waals surface area contributed by atoms with Crippen molar-refractivity contribution in [3.8, 4) is 5.75 Å². The summed E-state index contributed by atoms with van der Waals surface area (Å²) in [5.74, 6) is 0.728. The maximum Gasteiger partial charge on any atom is 0.264 e. The van der Waals surface area contributed by atoms with Crippen molar-refractivity contribution in [3.63, 3.8) is 0 Å². The van der Waals surface area contributed by atoms with Gasteiger partial charge in [-0.3, -0.25) is 9.48 Å². The third-order valence-electron chi connectivity index (χ3n) is 10.6. The number of aliphatic hydroxyl groups excluding tert-OH is 1. The molecule has 5 atom stereocenters. The van der Waals surface area contributed by atoms with Crippen molar-refractivity contribution < 1.29 is 19.4 Å². The number of rotatable bonds is 10. The van der Waals surface area contributed by atoms with Gasteiger partial charge in [0, 0.05) is 21.6 Å². The number of benzene rings is 4. The summed E-state index contributed by atoms with van der Waals surface area (Å²) in [6.45, 7) is 8.02. The first kappa shape index (κ1) is 33.6. The van der Waals surface area contributed by atoms with Gasteiger partial charge in [-0.05, 0) is 76.0 Å². The lowest BCUT2D eigenvalue weighted by molar-refractivity contribution is -0.146. The topological polar surface area (TPSA) is 89.7 Å². The Kier molecular flexibility index (Phi) is 9.24. The van der Waals surface area contributed by atoms with Crippen molar-refractivity contribution in [2.24, 2.45) is 5.92 Å². The molecular weight excluding hydrogens is 743 g/mol. The number of carbonyl (C=O) groups excluding carboxylic acids is 1. The Morgan fingerprint density at radius 1 is 1.00 bits per heavy atom. The highest BCUT2D eigenvalue weighted by molar-refractivity contribution is 14.1. The summed E-state index contributed by atoms with van der Waals surface area (Å²) in [4.78, 5) is 16.9. The van der Waals surface area contributed by atoms with Crippen LogP contribution in [0.5, 0.6) is 5.75 Å². The summed E-state index contributed by atoms with van der Waals surface area (Å²) in [6.07, 6.45) is 1.37. The molecule has 0 aliphatic carbocycles. The number of para-hydroxylation sites is 1. The number of carbonyl (C=O) groups is 1. The maximum absolute atomic E-state index is 15.0. The SMILES string of the molecule is COc1ccc([Si](C)(C)[C@@H]2[C@@H](CCn3cc([C@H](O)c4ccccc4)nn3)O[C@]3(C(=O)N(Cc4cccc(I)c4)c4ccccc43)[C@H]2C)cc1. The number of fused-ring (bicyclic) bond motifs is 2. The lowest BCUT2D eigenvalue weighted by Crippen LogP contribution is -2.51. The second-order valence-corrected chi connectivity index (χ2v) is 19.6. The van der Waals surface area contributed by atoms with Gasteiger partial charge in [0.1, 0.15) is 17.5 Å². The fourth-order valence-electron chi connectivity index (χ4n) is 8.13. The fraction of sp³-hybridized carbons (Fsp3) is 0.308. The van der Waals surface area contributed by atoms with Gasteiger partial charge in [-0.25, -0.2) is 0 Å². The average molecular weight is 785 g/mol. The van der Waals surface area contributed by atoms with E-state index in [0.717, 1.165) is 31.7 Å². The lowest BCUT2D eigenvalue weighted by Gasteiger charge is -2.37. The van der Waals surface area contributed by atoms with Gasteiger partial charge in [-0.1, -0.05) is 103 Å². The van der Waals surface area contributed by atoms with Crippen LogP contribution in [0.3, 0.4) is 0 Å². The molecule has 49 heavy (non-hydrogen) atoms. The van der Waals surface area contributed by atoms with Crippen molar-refractivity contribution in [1.82, 2.24) is 15.0 Å². The summed E-state index contributed by atoms with van der Waals surface area (Å²) in [5, 5.41) is 20.9. The number of ether oxygens (including phenoxy) is 2. The smallest absolute Gasteiger partial charge is 0.264 e. The number of amides is 1. The van der Waals surface area contributed by atoms with E-state index in [1.54, 1.807) is 11.8 Å². The highest BCUT2D eigenvalue weighted by Gasteiger charge is 2.66. The molecule has 7 rings (SSSR count). The van der Waals surface area contributed by atoms with E-state index in [4.69, 9.17) is 9.47 Å². The van der Waals surface area contributed by atoms with E-state index in [1.165, 1.54) is 5.19 Å². The number of nitrogens with zero attached hydrogens (tertiary/aromatic N) is 4. The molecule has 0 saturated carbocycles. The van der Waals surface area contributed by atoms with Crippen LogP contribution < -0.4 is 14.8 Å². The Balaban J connectivity index is 1.24. The van der Waals surface area contributed by atoms with Gasteiger partial charge in [-0.15, -0.1) is 5.10 Å². The van der Waals surface area contributed by atoms with Gasteiger partial charge in [-0.2, -0.15) is 0 Å². The molecule has 252 valence electrons. The minimum atomic E-state index is -2.29. The number of aryl methyl sites for hydroxylation is 1. The number of aliphatic hydroxyl groups is 1. The molecule has 1 amide bonds. The van der Waals surface area contributed by atoms with Crippen LogP contribution in [0.15, 0.2) is 109 Å². The molecule has 1 N–H and O–H groups in total. The average Bonchev–Trinajstić information content (AvgIpc) is 3.78. The van der Waals surface area contributed by atoms with Crippen molar-refractivity contribution >= 4 is 47.4 Å². The predicted octanol–water partition coefficient (Wildman–Crippen LogP) is 6.83. The second-order valence-electron chi connectivity index (χ2n) is 13.7. The van der Waals surface area contributed by atoms with E-state index in [1.807, 2.05) is 71.8 Å². The summed E-state index contributed by atoms with van der Waals surface area (Å²) in [6, 6.07) is 34.4. The molecule has 0 radical (unpaired) electrons. The first-order chi connectivity index (χ1) is 23.6. The molecule has 10 heteroatoms. The zero-order valence-corrected chi connectivity index (χ0v) is 31.3. The summed E-state index contributed by atoms with van der Waals surface area (Å²) in [7, 11) is -0.604. The Labute approximate surface area is 302 Å². The van der Waals surface area contributed by atoms with E-state index in [0.29, 0.717) is 25.2 Å². The maximum atomic E-state index is 15.0. The van der Waals surface area contributed by atoms with Crippen LogP contribution in [-0.2, 0) is 28.2 Å². The van der Waals surface area contributed by atoms with Gasteiger partial charge in [0.05, 0.1) is 39.7 Å². The predicted molar refractivity (Wildman–Crippen MR) is 202 cm³/mol. The normalized spacial score (nSPS) is 22.4. The molecule has 2 aliphatic rings. The number of methoxy groups -OCH3 is 1. The number of hydrogen-bond acceptors (Lipinski definition) is 6. The van der Waals surface area contributed by atoms with Gasteiger partial charge >= 0.3 is 0 Å². The van der Waals surface area contributed by atoms with E-state index in [2.05, 4.69) is 95.4 Å². The van der Waals surface area contributed by atoms with Gasteiger partial charge in [0.25, 0.3) is 5.91 Å². The van der Waals surface area contributed by atoms with Gasteiger partial charge in [0.2, 0.25) is 0 Å². The third kappa shape index (κ3) is 6.02. The number of aromatic nitrogens is 3. The van der Waals surface area contributed by atoms with Crippen molar-refractivity contribution in [3.05, 3.63) is 135 Å². The van der Waals surface area contributed by atoms with E-state index < -0.39 is 19.8 Å². The first-order valence-electron chi connectivity index (χ1n) is 16.7. The molecule has 0 bridgehead atoms. The minimum Gasteiger partial charge on any atom is -0.497 e. The molecule has 1 saturated heterocycles. The standard InChI is InChI=1S/C39H41IN4O4Si/c1-26-37(49(3,4)31-19-17-30(47-2)18-20-31)35(21-22-43-25-33(41-42-43)36(45)28-12-6-5-7-13-28)48-39(26)32-15-8-9-16-34(32)44(38(39)46)24-27-11-10-14-29(40)23-27/h5-20,23,25-26,35-37,45H,21-22,24H2,1-4H3/t26-,35+,36+,37-,39+/m0/s1. The Bertz CT molecular complexity index is 1950. The molecule has 8 nitrogen and oxygen atoms in total. The van der Waals surface area contributed by atoms with Crippen LogP contribution in [0.1, 0.15) is 41.8 Å². The summed E-state index contributed by atoms with van der Waals surface area (Å²) in [5.41, 5.74) is 3.20. The van der Waals surface area contributed by atoms with Crippen LogP contribution in [-0.4, -0.2) is 47.3 Å². The van der Waals surface area contributed by atoms with Crippen LogP contribution in [0.4, 0.5) is 5.69 Å². The van der Waals surface area contributed by atoms with E-state index >= 15 is 0 Å². The highest BCUT2D eigenvalue weighted by Crippen LogP contribution is 2.60. The molecule has 5 aromatic rings. The Morgan fingerprint density at radius 2 is 1.73 bits per heavy atom. The molecule has 1 aromatic heterocycles. The molecule has 0 unspecified atom stereocenters. The zero-order valence-electron chi connectivity index (χ0n) is 28.2. The van der Waals surface area contributed by atoms with Gasteiger partial charge in [0.15, 0.2) is 5.60 Å². The summed E-state index contributed by atoms with van der Waals surface area (Å²) >= 11 is 2.32. The first-order valence-corrected chi connectivity index (χ1v) is 20.9. The third-order valence-corrected chi connectivity index (χ3v) is 15.6. The van der Waals surface area contributed by atoms with E-state index in [9.17, 15) is 9.90 Å². The monoisotopic (exact) mass is 784 g/mol. The largest absolute Gasteiger partial charge is 0.497 e. The quantitative estimate of drug-likeness (QED) is 0.124. The Hall–Kier alpha value is -3.84. The van der Waals surface area contributed by atoms with Crippen molar-refractivity contribution in [2.45, 2.75) is 62.9 Å². The van der Waals surface area contributed by atoms with Crippen LogP contribution in [0, 0.1) is 9.49 Å². The second kappa shape index (κ2) is 13.5. The molecule has 1 spiro atoms. The van der Waals surface area contributed by atoms with Crippen molar-refractivity contribution in [1.29, 1.82) is 0 Å². The van der Waals surface area contributed by atoms with Gasteiger partial charge < -0.3 is 19.5 Å². The van der Waals surface area contributed by atoms with E-state index in [-0.39, 0.29) is 23.5 Å². The Morgan fingerprint density at radius 3 is 2.47 bits per heavy atom.